The maximum absolute atomic E-state index is 13.2. The molecule has 0 spiro atoms. The smallest absolute Gasteiger partial charge is 0.411 e. The fourth-order valence-electron chi connectivity index (χ4n) is 4.80. The minimum atomic E-state index is -0.665. The molecule has 0 radical (unpaired) electrons. The van der Waals surface area contributed by atoms with Gasteiger partial charge in [0, 0.05) is 40.5 Å². The van der Waals surface area contributed by atoms with Crippen LogP contribution >= 0.6 is 11.3 Å². The molecule has 8 nitrogen and oxygen atoms in total. The van der Waals surface area contributed by atoms with Crippen LogP contribution in [0.3, 0.4) is 0 Å². The lowest BCUT2D eigenvalue weighted by Crippen LogP contribution is -2.55. The van der Waals surface area contributed by atoms with E-state index < -0.39 is 23.8 Å². The molecule has 176 valence electrons. The zero-order chi connectivity index (χ0) is 23.8. The van der Waals surface area contributed by atoms with E-state index in [9.17, 15) is 14.9 Å². The molecular formula is C24H31N5O3S. The number of piperidine rings is 1. The van der Waals surface area contributed by atoms with Gasteiger partial charge in [0.25, 0.3) is 0 Å². The molecule has 9 heteroatoms. The molecule has 4 unspecified atom stereocenters. The number of nitrogens with one attached hydrogen (secondary N) is 1. The second-order valence-corrected chi connectivity index (χ2v) is 11.0. The minimum absolute atomic E-state index is 0.0324. The first-order chi connectivity index (χ1) is 15.7. The molecule has 0 aromatic carbocycles. The highest BCUT2D eigenvalue weighted by Crippen LogP contribution is 2.43. The molecule has 4 atom stereocenters. The Morgan fingerprint density at radius 1 is 1.36 bits per heavy atom. The molecule has 2 bridgehead atoms. The van der Waals surface area contributed by atoms with Crippen molar-refractivity contribution in [2.75, 3.05) is 0 Å². The van der Waals surface area contributed by atoms with Crippen LogP contribution in [0.15, 0.2) is 24.5 Å². The molecule has 4 rings (SSSR count). The van der Waals surface area contributed by atoms with Gasteiger partial charge < -0.3 is 10.1 Å². The lowest BCUT2D eigenvalue weighted by atomic mass is 9.97. The third kappa shape index (κ3) is 5.06. The highest BCUT2D eigenvalue weighted by atomic mass is 32.1. The summed E-state index contributed by atoms with van der Waals surface area (Å²) in [4.78, 5) is 29.7. The molecule has 1 aliphatic heterocycles. The van der Waals surface area contributed by atoms with Gasteiger partial charge in [-0.1, -0.05) is 0 Å². The van der Waals surface area contributed by atoms with Crippen molar-refractivity contribution in [2.45, 2.75) is 83.6 Å². The highest BCUT2D eigenvalue weighted by molar-refractivity contribution is 7.15. The van der Waals surface area contributed by atoms with Gasteiger partial charge in [-0.15, -0.1) is 11.3 Å². The Labute approximate surface area is 198 Å². The van der Waals surface area contributed by atoms with Gasteiger partial charge in [-0.3, -0.25) is 14.4 Å². The highest BCUT2D eigenvalue weighted by Gasteiger charge is 2.52. The Morgan fingerprint density at radius 3 is 2.82 bits per heavy atom. The fraction of sp³-hybridized carbons (Fsp3) is 0.583. The van der Waals surface area contributed by atoms with Gasteiger partial charge in [0.2, 0.25) is 5.91 Å². The second-order valence-electron chi connectivity index (χ2n) is 9.80. The number of carbonyl (C=O) groups is 2. The van der Waals surface area contributed by atoms with Crippen molar-refractivity contribution >= 4 is 23.3 Å². The van der Waals surface area contributed by atoms with Crippen LogP contribution in [0.5, 0.6) is 0 Å². The molecule has 2 fully saturated rings. The van der Waals surface area contributed by atoms with Crippen LogP contribution in [-0.2, 0) is 22.5 Å². The molecule has 3 heterocycles. The number of nitrogens with zero attached hydrogens (tertiary/aromatic N) is 4. The molecule has 1 aliphatic carbocycles. The summed E-state index contributed by atoms with van der Waals surface area (Å²) in [7, 11) is 0. The number of hydrogen-bond acceptors (Lipinski definition) is 6. The summed E-state index contributed by atoms with van der Waals surface area (Å²) in [5, 5.41) is 16.9. The van der Waals surface area contributed by atoms with E-state index >= 15 is 0 Å². The number of ether oxygens (including phenoxy) is 1. The van der Waals surface area contributed by atoms with Crippen LogP contribution in [0.25, 0.3) is 10.4 Å². The van der Waals surface area contributed by atoms with Crippen molar-refractivity contribution in [3.05, 3.63) is 29.4 Å². The molecule has 2 amide bonds. The molecule has 1 saturated heterocycles. The van der Waals surface area contributed by atoms with Gasteiger partial charge in [-0.25, -0.2) is 4.79 Å². The predicted molar refractivity (Wildman–Crippen MR) is 125 cm³/mol. The van der Waals surface area contributed by atoms with Crippen molar-refractivity contribution in [3.8, 4) is 16.5 Å². The summed E-state index contributed by atoms with van der Waals surface area (Å²) in [6, 6.07) is 5.02. The maximum atomic E-state index is 13.2. The van der Waals surface area contributed by atoms with Crippen molar-refractivity contribution < 1.29 is 14.3 Å². The fourth-order valence-corrected chi connectivity index (χ4v) is 5.82. The lowest BCUT2D eigenvalue weighted by molar-refractivity contribution is -0.128. The molecule has 1 N–H and O–H groups in total. The lowest BCUT2D eigenvalue weighted by Gasteiger charge is -2.35. The van der Waals surface area contributed by atoms with E-state index in [1.165, 1.54) is 0 Å². The summed E-state index contributed by atoms with van der Waals surface area (Å²) in [6.45, 7) is 8.31. The van der Waals surface area contributed by atoms with Crippen LogP contribution in [0.2, 0.25) is 0 Å². The topological polar surface area (TPSA) is 100 Å². The molecule has 2 aromatic heterocycles. The maximum Gasteiger partial charge on any atom is 0.411 e. The second kappa shape index (κ2) is 9.18. The third-order valence-corrected chi connectivity index (χ3v) is 7.40. The van der Waals surface area contributed by atoms with E-state index in [1.54, 1.807) is 16.2 Å². The van der Waals surface area contributed by atoms with Crippen LogP contribution in [0.4, 0.5) is 4.79 Å². The monoisotopic (exact) mass is 469 g/mol. The number of likely N-dealkylation sites (tertiary alicyclic amines) is 1. The van der Waals surface area contributed by atoms with Gasteiger partial charge >= 0.3 is 6.09 Å². The zero-order valence-corrected chi connectivity index (χ0v) is 20.4. The van der Waals surface area contributed by atoms with Gasteiger partial charge in [-0.05, 0) is 65.0 Å². The van der Waals surface area contributed by atoms with Crippen molar-refractivity contribution in [2.24, 2.45) is 5.92 Å². The number of thiophene rings is 1. The summed E-state index contributed by atoms with van der Waals surface area (Å²) >= 11 is 1.60. The third-order valence-electron chi connectivity index (χ3n) is 6.24. The summed E-state index contributed by atoms with van der Waals surface area (Å²) < 4.78 is 7.45. The van der Waals surface area contributed by atoms with E-state index in [0.717, 1.165) is 41.1 Å². The largest absolute Gasteiger partial charge is 0.444 e. The Kier molecular flexibility index (Phi) is 6.48. The number of amides is 2. The summed E-state index contributed by atoms with van der Waals surface area (Å²) in [6.07, 6.45) is 6.43. The number of hydrogen-bond donors (Lipinski definition) is 1. The molecule has 33 heavy (non-hydrogen) atoms. The SMILES string of the molecule is CCn1cc(-c2ccc(CC(C#N)NC(=O)C3C4CCC(C4)N3C(=O)OC(C)(C)C)s2)cn1. The van der Waals surface area contributed by atoms with E-state index in [2.05, 4.69) is 16.5 Å². The zero-order valence-electron chi connectivity index (χ0n) is 19.6. The van der Waals surface area contributed by atoms with E-state index in [-0.39, 0.29) is 17.9 Å². The molecule has 2 aliphatic rings. The standard InChI is InChI=1S/C24H31N5O3S/c1-5-28-14-16(13-26-28)20-9-8-19(33-20)11-17(12-25)27-22(30)21-15-6-7-18(10-15)29(21)23(31)32-24(2,3)4/h8-9,13-15,17-18,21H,5-7,10-11H2,1-4H3,(H,27,30). The van der Waals surface area contributed by atoms with Gasteiger partial charge in [0.15, 0.2) is 0 Å². The van der Waals surface area contributed by atoms with E-state index in [4.69, 9.17) is 4.74 Å². The van der Waals surface area contributed by atoms with Crippen LogP contribution < -0.4 is 5.32 Å². The number of fused-ring (bicyclic) bond motifs is 2. The first kappa shape index (κ1) is 23.3. The van der Waals surface area contributed by atoms with E-state index in [0.29, 0.717) is 6.42 Å². The van der Waals surface area contributed by atoms with E-state index in [1.807, 2.05) is 56.9 Å². The first-order valence-corrected chi connectivity index (χ1v) is 12.3. The average Bonchev–Trinajstić information content (AvgIpc) is 3.54. The van der Waals surface area contributed by atoms with Crippen molar-refractivity contribution in [1.29, 1.82) is 5.26 Å². The van der Waals surface area contributed by atoms with Gasteiger partial charge in [0.1, 0.15) is 17.7 Å². The number of rotatable bonds is 6. The Hall–Kier alpha value is -2.86. The number of aromatic nitrogens is 2. The quantitative estimate of drug-likeness (QED) is 0.690. The van der Waals surface area contributed by atoms with Crippen molar-refractivity contribution in [3.63, 3.8) is 0 Å². The molecule has 1 saturated carbocycles. The van der Waals surface area contributed by atoms with Crippen molar-refractivity contribution in [1.82, 2.24) is 20.0 Å². The Morgan fingerprint density at radius 2 is 2.15 bits per heavy atom. The number of aryl methyl sites for hydroxylation is 1. The molecule has 2 aromatic rings. The number of carbonyl (C=O) groups excluding carboxylic acids is 2. The van der Waals surface area contributed by atoms with Crippen LogP contribution in [-0.4, -0.2) is 50.4 Å². The van der Waals surface area contributed by atoms with Gasteiger partial charge in [0.05, 0.1) is 12.3 Å². The first-order valence-electron chi connectivity index (χ1n) is 11.5. The molecular weight excluding hydrogens is 438 g/mol. The Bertz CT molecular complexity index is 1060. The number of nitriles is 1. The predicted octanol–water partition coefficient (Wildman–Crippen LogP) is 3.97. The van der Waals surface area contributed by atoms with Crippen LogP contribution in [0, 0.1) is 17.2 Å². The normalized spacial score (nSPS) is 22.8. The van der Waals surface area contributed by atoms with Crippen LogP contribution in [0.1, 0.15) is 51.8 Å². The summed E-state index contributed by atoms with van der Waals surface area (Å²) in [5.74, 6) is -0.147. The minimum Gasteiger partial charge on any atom is -0.444 e. The average molecular weight is 470 g/mol. The Balaban J connectivity index is 1.42. The van der Waals surface area contributed by atoms with Gasteiger partial charge in [-0.2, -0.15) is 10.4 Å². The summed E-state index contributed by atoms with van der Waals surface area (Å²) in [5.41, 5.74) is 0.417.